The van der Waals surface area contributed by atoms with Gasteiger partial charge in [-0.15, -0.1) is 0 Å². The highest BCUT2D eigenvalue weighted by Crippen LogP contribution is 2.37. The Kier molecular flexibility index (Phi) is 5.50. The number of hydrogen-bond donors (Lipinski definition) is 3. The lowest BCUT2D eigenvalue weighted by molar-refractivity contribution is 0.140. The first-order valence-electron chi connectivity index (χ1n) is 12.2. The molecule has 3 N–H and O–H groups in total. The Morgan fingerprint density at radius 3 is 2.59 bits per heavy atom. The van der Waals surface area contributed by atoms with Gasteiger partial charge >= 0.3 is 0 Å². The first kappa shape index (κ1) is 21.2. The fourth-order valence-electron chi connectivity index (χ4n) is 5.47. The first-order chi connectivity index (χ1) is 16.7. The number of anilines is 3. The number of aromatic nitrogens is 5. The van der Waals surface area contributed by atoms with E-state index in [0.717, 1.165) is 72.8 Å². The number of aliphatic hydroxyl groups excluding tert-OH is 1. The van der Waals surface area contributed by atoms with Gasteiger partial charge in [-0.3, -0.25) is 4.98 Å². The van der Waals surface area contributed by atoms with Gasteiger partial charge in [-0.25, -0.2) is 9.97 Å². The van der Waals surface area contributed by atoms with E-state index in [0.29, 0.717) is 17.8 Å². The maximum absolute atomic E-state index is 10.6. The number of nitrogens with zero attached hydrogens (tertiary/aromatic N) is 6. The second-order valence-corrected chi connectivity index (χ2v) is 9.34. The van der Waals surface area contributed by atoms with Crippen LogP contribution in [0.25, 0.3) is 21.9 Å². The van der Waals surface area contributed by atoms with Crippen LogP contribution in [-0.4, -0.2) is 61.9 Å². The largest absolute Gasteiger partial charge is 0.391 e. The molecule has 1 saturated carbocycles. The van der Waals surface area contributed by atoms with Gasteiger partial charge in [-0.1, -0.05) is 0 Å². The summed E-state index contributed by atoms with van der Waals surface area (Å²) in [6.07, 6.45) is 12.1. The first-order valence-corrected chi connectivity index (χ1v) is 12.2. The van der Waals surface area contributed by atoms with E-state index >= 15 is 0 Å². The van der Waals surface area contributed by atoms with Gasteiger partial charge in [0.2, 0.25) is 5.95 Å². The molecule has 0 unspecified atom stereocenters. The topological polar surface area (TPSA) is 104 Å². The maximum atomic E-state index is 10.6. The van der Waals surface area contributed by atoms with E-state index in [9.17, 15) is 5.11 Å². The molecule has 9 heteroatoms. The Morgan fingerprint density at radius 1 is 0.971 bits per heavy atom. The summed E-state index contributed by atoms with van der Waals surface area (Å²) in [7, 11) is 2.04. The monoisotopic (exact) mass is 458 g/mol. The highest BCUT2D eigenvalue weighted by atomic mass is 16.3. The standard InChI is InChI=1S/C25H30N8O/c1-26-16-8-11-32(12-9-16)17-5-6-23(28-13-17)30-25-29-14-19-18-7-10-27-15-21(18)33(24(19)31-25)20-3-2-4-22(20)34/h5-7,10,13-16,20,22,26,34H,2-4,8-9,11-12H2,1H3,(H,28,29,30,31)/t20-,22-/m0/s1. The zero-order valence-electron chi connectivity index (χ0n) is 19.4. The molecule has 1 saturated heterocycles. The molecule has 1 aliphatic heterocycles. The fourth-order valence-corrected chi connectivity index (χ4v) is 5.47. The number of rotatable bonds is 5. The average molecular weight is 459 g/mol. The lowest BCUT2D eigenvalue weighted by Gasteiger charge is -2.33. The van der Waals surface area contributed by atoms with Crippen LogP contribution in [0, 0.1) is 0 Å². The van der Waals surface area contributed by atoms with Crippen LogP contribution in [0.15, 0.2) is 43.0 Å². The van der Waals surface area contributed by atoms with Crippen molar-refractivity contribution < 1.29 is 5.11 Å². The Hall–Kier alpha value is -3.30. The molecular weight excluding hydrogens is 428 g/mol. The third kappa shape index (κ3) is 3.74. The smallest absolute Gasteiger partial charge is 0.230 e. The van der Waals surface area contributed by atoms with Crippen LogP contribution in [-0.2, 0) is 0 Å². The summed E-state index contributed by atoms with van der Waals surface area (Å²) in [6.45, 7) is 2.07. The maximum Gasteiger partial charge on any atom is 0.230 e. The minimum Gasteiger partial charge on any atom is -0.391 e. The molecule has 0 amide bonds. The summed E-state index contributed by atoms with van der Waals surface area (Å²) in [5.74, 6) is 1.20. The van der Waals surface area contributed by atoms with Gasteiger partial charge in [-0.2, -0.15) is 4.98 Å². The van der Waals surface area contributed by atoms with Gasteiger partial charge in [0.05, 0.1) is 35.7 Å². The van der Waals surface area contributed by atoms with E-state index in [1.54, 1.807) is 6.20 Å². The molecule has 4 aromatic rings. The predicted molar refractivity (Wildman–Crippen MR) is 134 cm³/mol. The van der Waals surface area contributed by atoms with Crippen LogP contribution < -0.4 is 15.5 Å². The quantitative estimate of drug-likeness (QED) is 0.418. The van der Waals surface area contributed by atoms with Crippen molar-refractivity contribution >= 4 is 39.4 Å². The minimum atomic E-state index is -0.377. The summed E-state index contributed by atoms with van der Waals surface area (Å²) in [5, 5.41) is 19.3. The Morgan fingerprint density at radius 2 is 1.85 bits per heavy atom. The number of nitrogens with one attached hydrogen (secondary N) is 2. The Balaban J connectivity index is 1.28. The van der Waals surface area contributed by atoms with Crippen molar-refractivity contribution in [3.63, 3.8) is 0 Å². The van der Waals surface area contributed by atoms with E-state index in [4.69, 9.17) is 4.98 Å². The second-order valence-electron chi connectivity index (χ2n) is 9.34. The van der Waals surface area contributed by atoms with E-state index in [-0.39, 0.29) is 12.1 Å². The molecule has 4 aromatic heterocycles. The van der Waals surface area contributed by atoms with Crippen molar-refractivity contribution in [3.8, 4) is 0 Å². The molecule has 2 atom stereocenters. The molecule has 0 bridgehead atoms. The van der Waals surface area contributed by atoms with Gasteiger partial charge in [0.1, 0.15) is 11.5 Å². The molecule has 2 fully saturated rings. The number of pyridine rings is 2. The Bertz CT molecular complexity index is 1300. The van der Waals surface area contributed by atoms with Crippen molar-refractivity contribution in [1.29, 1.82) is 0 Å². The average Bonchev–Trinajstić information content (AvgIpc) is 3.44. The van der Waals surface area contributed by atoms with Crippen molar-refractivity contribution in [2.24, 2.45) is 0 Å². The number of fused-ring (bicyclic) bond motifs is 3. The van der Waals surface area contributed by atoms with Crippen LogP contribution in [0.1, 0.15) is 38.1 Å². The molecule has 176 valence electrons. The van der Waals surface area contributed by atoms with Crippen molar-refractivity contribution in [2.75, 3.05) is 30.4 Å². The van der Waals surface area contributed by atoms with Crippen LogP contribution >= 0.6 is 0 Å². The van der Waals surface area contributed by atoms with Gasteiger partial charge in [0.25, 0.3) is 0 Å². The molecule has 0 radical (unpaired) electrons. The highest BCUT2D eigenvalue weighted by molar-refractivity contribution is 6.06. The van der Waals surface area contributed by atoms with Crippen molar-refractivity contribution in [2.45, 2.75) is 50.3 Å². The van der Waals surface area contributed by atoms with Gasteiger partial charge < -0.3 is 25.2 Å². The summed E-state index contributed by atoms with van der Waals surface area (Å²) in [5.41, 5.74) is 2.94. The Labute approximate surface area is 198 Å². The summed E-state index contributed by atoms with van der Waals surface area (Å²) < 4.78 is 2.15. The lowest BCUT2D eigenvalue weighted by atomic mass is 10.1. The van der Waals surface area contributed by atoms with E-state index < -0.39 is 0 Å². The van der Waals surface area contributed by atoms with Gasteiger partial charge in [0.15, 0.2) is 0 Å². The van der Waals surface area contributed by atoms with Gasteiger partial charge in [0, 0.05) is 42.3 Å². The molecule has 34 heavy (non-hydrogen) atoms. The highest BCUT2D eigenvalue weighted by Gasteiger charge is 2.30. The lowest BCUT2D eigenvalue weighted by Crippen LogP contribution is -2.41. The second kappa shape index (κ2) is 8.81. The summed E-state index contributed by atoms with van der Waals surface area (Å²) in [4.78, 5) is 20.8. The number of aliphatic hydroxyl groups is 1. The molecule has 0 spiro atoms. The molecule has 5 heterocycles. The molecule has 9 nitrogen and oxygen atoms in total. The number of hydrogen-bond acceptors (Lipinski definition) is 8. The van der Waals surface area contributed by atoms with Crippen molar-refractivity contribution in [3.05, 3.63) is 43.0 Å². The zero-order valence-corrected chi connectivity index (χ0v) is 19.4. The van der Waals surface area contributed by atoms with E-state index in [1.165, 1.54) is 0 Å². The molecule has 6 rings (SSSR count). The molecular formula is C25H30N8O. The van der Waals surface area contributed by atoms with Crippen LogP contribution in [0.5, 0.6) is 0 Å². The third-order valence-corrected chi connectivity index (χ3v) is 7.38. The van der Waals surface area contributed by atoms with Crippen LogP contribution in [0.3, 0.4) is 0 Å². The summed E-state index contributed by atoms with van der Waals surface area (Å²) >= 11 is 0. The van der Waals surface area contributed by atoms with E-state index in [1.807, 2.05) is 37.8 Å². The van der Waals surface area contributed by atoms with Gasteiger partial charge in [-0.05, 0) is 57.4 Å². The van der Waals surface area contributed by atoms with Crippen molar-refractivity contribution in [1.82, 2.24) is 29.8 Å². The fraction of sp³-hybridized carbons (Fsp3) is 0.440. The van der Waals surface area contributed by atoms with Crippen LogP contribution in [0.2, 0.25) is 0 Å². The number of piperidine rings is 1. The minimum absolute atomic E-state index is 0.00333. The summed E-state index contributed by atoms with van der Waals surface area (Å²) in [6, 6.07) is 6.68. The normalized spacial score (nSPS) is 21.5. The third-order valence-electron chi connectivity index (χ3n) is 7.38. The SMILES string of the molecule is CNC1CCN(c2ccc(Nc3ncc4c5ccncc5n([C@H]5CCC[C@@H]5O)c4n3)nc2)CC1. The molecule has 2 aliphatic rings. The predicted octanol–water partition coefficient (Wildman–Crippen LogP) is 3.39. The molecule has 0 aromatic carbocycles. The van der Waals surface area contributed by atoms with E-state index in [2.05, 4.69) is 41.1 Å². The van der Waals surface area contributed by atoms with Crippen LogP contribution in [0.4, 0.5) is 17.5 Å². The molecule has 1 aliphatic carbocycles. The zero-order chi connectivity index (χ0) is 23.1.